The number of alkyl halides is 3. The summed E-state index contributed by atoms with van der Waals surface area (Å²) < 4.78 is 58.8. The Morgan fingerprint density at radius 3 is 2.44 bits per heavy atom. The van der Waals surface area contributed by atoms with E-state index in [0.717, 1.165) is 36.8 Å². The van der Waals surface area contributed by atoms with Crippen molar-refractivity contribution in [2.75, 3.05) is 60.0 Å². The highest BCUT2D eigenvalue weighted by atomic mass is 19.4. The molecule has 6 bridgehead atoms. The highest BCUT2D eigenvalue weighted by molar-refractivity contribution is 5.95. The molecule has 6 aliphatic rings. The molecule has 1 spiro atoms. The highest BCUT2D eigenvalue weighted by Crippen LogP contribution is 2.51. The molecular formula is C58H77F3N12O7. The number of carbonyl (C=O) groups is 5. The van der Waals surface area contributed by atoms with Crippen molar-refractivity contribution in [1.29, 1.82) is 0 Å². The quantitative estimate of drug-likeness (QED) is 0.140. The fourth-order valence-electron chi connectivity index (χ4n) is 13.0. The number of carbonyl (C=O) groups excluding carboxylic acids is 5. The molecule has 4 fully saturated rings. The van der Waals surface area contributed by atoms with E-state index in [2.05, 4.69) is 36.8 Å². The molecular weight excluding hydrogens is 1030 g/mol. The van der Waals surface area contributed by atoms with E-state index in [-0.39, 0.29) is 61.6 Å². The second kappa shape index (κ2) is 22.2. The Bertz CT molecular complexity index is 3040. The molecule has 10 rings (SSSR count). The number of halogens is 3. The number of esters is 1. The highest BCUT2D eigenvalue weighted by Gasteiger charge is 2.57. The number of cyclic esters (lactones) is 1. The lowest BCUT2D eigenvalue weighted by molar-refractivity contribution is -0.155. The summed E-state index contributed by atoms with van der Waals surface area (Å²) in [6, 6.07) is 5.41. The lowest BCUT2D eigenvalue weighted by Crippen LogP contribution is -2.70. The number of fused-ring (bicyclic) bond motifs is 6. The third kappa shape index (κ3) is 11.6. The summed E-state index contributed by atoms with van der Waals surface area (Å²) in [5, 5.41) is 9.57. The topological polar surface area (TPSA) is 193 Å². The summed E-state index contributed by atoms with van der Waals surface area (Å²) in [7, 11) is 3.14. The number of likely N-dealkylation sites (tertiary alicyclic amines) is 1. The first-order chi connectivity index (χ1) is 37.9. The van der Waals surface area contributed by atoms with Gasteiger partial charge in [-0.05, 0) is 119 Å². The number of benzene rings is 1. The fraction of sp³-hybridized carbons (Fsp3) is 0.621. The van der Waals surface area contributed by atoms with E-state index in [1.165, 1.54) is 32.6 Å². The smallest absolute Gasteiger partial charge is 0.406 e. The Morgan fingerprint density at radius 2 is 1.75 bits per heavy atom. The van der Waals surface area contributed by atoms with Crippen molar-refractivity contribution in [2.24, 2.45) is 16.7 Å². The van der Waals surface area contributed by atoms with Gasteiger partial charge in [-0.3, -0.25) is 29.3 Å². The number of amides is 5. The molecule has 2 N–H and O–H groups in total. The van der Waals surface area contributed by atoms with Crippen LogP contribution < -0.4 is 10.7 Å². The summed E-state index contributed by atoms with van der Waals surface area (Å²) in [6.45, 7) is 14.2. The molecule has 1 aromatic carbocycles. The Labute approximate surface area is 465 Å². The molecule has 3 aromatic heterocycles. The van der Waals surface area contributed by atoms with Gasteiger partial charge >= 0.3 is 24.2 Å². The number of ether oxygens (including phenoxy) is 2. The lowest BCUT2D eigenvalue weighted by atomic mass is 9.60. The monoisotopic (exact) mass is 1110 g/mol. The normalized spacial score (nSPS) is 23.2. The Hall–Kier alpha value is -6.39. The van der Waals surface area contributed by atoms with E-state index >= 15 is 0 Å². The van der Waals surface area contributed by atoms with E-state index < -0.39 is 60.1 Å². The lowest BCUT2D eigenvalue weighted by Gasteiger charge is -2.61. The number of methoxy groups -OCH3 is 1. The van der Waals surface area contributed by atoms with Crippen molar-refractivity contribution < 1.29 is 46.6 Å². The molecule has 4 aromatic rings. The van der Waals surface area contributed by atoms with Crippen molar-refractivity contribution in [3.05, 3.63) is 71.6 Å². The van der Waals surface area contributed by atoms with Crippen LogP contribution >= 0.6 is 0 Å². The number of nitrogens with zero attached hydrogens (tertiary/aromatic N) is 10. The number of nitrogens with one attached hydrogen (secondary N) is 2. The molecule has 432 valence electrons. The first-order valence-corrected chi connectivity index (χ1v) is 28.4. The summed E-state index contributed by atoms with van der Waals surface area (Å²) in [4.78, 5) is 87.9. The standard InChI is InChI=1S/C58H77F3N12O7/c1-34(2)48(67(8)54(77)69-29-57(30-69)24-40(25-57)73(35(3)4)55(78)72-33-63-50(66-72)37-16-17-37)51(74)64-45-28-68-21-11-13-39(27-68)38-18-19-46-42(23-38)43(26-56(6,7)32-80-53(76)44-15-12-22-71(65-44)52(45)75)49(70(46)31-58(59,60)61)41-14-10-20-62-47(41)36(5)79-9/h10,13-14,18-20,23,33-37,40,44-45,48,65H,11-12,15-17,21-22,24-32H2,1-9H3,(H,64,74)/t36-,44-,45-,48-/m0/s1. The van der Waals surface area contributed by atoms with E-state index in [4.69, 9.17) is 9.47 Å². The first-order valence-electron chi connectivity index (χ1n) is 28.4. The van der Waals surface area contributed by atoms with Gasteiger partial charge in [0.2, 0.25) is 5.91 Å². The van der Waals surface area contributed by atoms with Gasteiger partial charge in [-0.2, -0.15) is 17.9 Å². The molecule has 5 atom stereocenters. The van der Waals surface area contributed by atoms with Crippen LogP contribution in [-0.2, 0) is 36.8 Å². The minimum absolute atomic E-state index is 0.0177. The minimum atomic E-state index is -4.58. The molecule has 0 radical (unpaired) electrons. The zero-order valence-corrected chi connectivity index (χ0v) is 47.5. The number of likely N-dealkylation sites (N-methyl/N-ethyl adjacent to an activating group) is 1. The van der Waals surface area contributed by atoms with Gasteiger partial charge in [0.25, 0.3) is 5.91 Å². The number of aromatic nitrogens is 5. The maximum atomic E-state index is 14.9. The zero-order chi connectivity index (χ0) is 57.2. The van der Waals surface area contributed by atoms with Crippen LogP contribution in [0.25, 0.3) is 27.7 Å². The van der Waals surface area contributed by atoms with Crippen LogP contribution in [0.2, 0.25) is 0 Å². The van der Waals surface area contributed by atoms with Crippen LogP contribution in [-0.4, -0.2) is 175 Å². The number of hydrogen-bond acceptors (Lipinski definition) is 12. The van der Waals surface area contributed by atoms with Crippen LogP contribution in [0.1, 0.15) is 128 Å². The average Bonchev–Trinajstić information content (AvgIpc) is 4.23. The molecule has 4 aliphatic heterocycles. The summed E-state index contributed by atoms with van der Waals surface area (Å²) in [5.41, 5.74) is 6.25. The maximum absolute atomic E-state index is 14.9. The number of pyridine rings is 1. The Morgan fingerprint density at radius 1 is 1.00 bits per heavy atom. The van der Waals surface area contributed by atoms with Gasteiger partial charge < -0.3 is 34.1 Å². The van der Waals surface area contributed by atoms with Gasteiger partial charge in [-0.15, -0.1) is 5.10 Å². The van der Waals surface area contributed by atoms with Gasteiger partial charge in [0.1, 0.15) is 31.0 Å². The molecule has 22 heteroatoms. The molecule has 2 aliphatic carbocycles. The largest absolute Gasteiger partial charge is 0.464 e. The minimum Gasteiger partial charge on any atom is -0.464 e. The predicted molar refractivity (Wildman–Crippen MR) is 293 cm³/mol. The summed E-state index contributed by atoms with van der Waals surface area (Å²) in [5.74, 6) is -0.857. The van der Waals surface area contributed by atoms with Crippen molar-refractivity contribution in [2.45, 2.75) is 155 Å². The van der Waals surface area contributed by atoms with Crippen LogP contribution in [0.5, 0.6) is 0 Å². The number of hydrazine groups is 1. The third-order valence-electron chi connectivity index (χ3n) is 17.1. The van der Waals surface area contributed by atoms with Crippen LogP contribution in [0.3, 0.4) is 0 Å². The van der Waals surface area contributed by atoms with Gasteiger partial charge in [0.05, 0.1) is 24.1 Å². The van der Waals surface area contributed by atoms with E-state index in [9.17, 15) is 37.1 Å². The predicted octanol–water partition coefficient (Wildman–Crippen LogP) is 7.56. The SMILES string of the molecule is CO[C@@H](C)c1ncccc1-c1c2c3cc(ccc3n1CC(F)(F)F)C1=CCCN(C1)C[C@H](NC(=O)[C@H](C(C)C)N(C)C(=O)N1CC3(CC(N(C(=O)n4cnc(C5CC5)n4)C(C)C)C3)C1)C(=O)N1CCC[C@H](N1)C(=O)OCC(C)(C)C2. The molecule has 1 unspecified atom stereocenters. The number of hydrogen-bond donors (Lipinski definition) is 2. The summed E-state index contributed by atoms with van der Waals surface area (Å²) in [6.07, 6.45) is 5.28. The maximum Gasteiger partial charge on any atom is 0.406 e. The van der Waals surface area contributed by atoms with Gasteiger partial charge in [0, 0.05) is 105 Å². The van der Waals surface area contributed by atoms with Crippen LogP contribution in [0, 0.1) is 16.7 Å². The van der Waals surface area contributed by atoms with Crippen LogP contribution in [0.15, 0.2) is 48.9 Å². The van der Waals surface area contributed by atoms with Gasteiger partial charge in [0.15, 0.2) is 5.82 Å². The fourth-order valence-corrected chi connectivity index (χ4v) is 13.0. The van der Waals surface area contributed by atoms with Crippen LogP contribution in [0.4, 0.5) is 22.8 Å². The first kappa shape index (κ1) is 56.9. The molecule has 2 saturated heterocycles. The Balaban J connectivity index is 0.902. The molecule has 80 heavy (non-hydrogen) atoms. The Kier molecular flexibility index (Phi) is 15.8. The third-order valence-corrected chi connectivity index (χ3v) is 17.1. The van der Waals surface area contributed by atoms with Gasteiger partial charge in [-0.25, -0.2) is 20.0 Å². The molecule has 19 nitrogen and oxygen atoms in total. The molecule has 7 heterocycles. The number of rotatable bonds is 11. The molecule has 2 saturated carbocycles. The number of urea groups is 1. The second-order valence-corrected chi connectivity index (χ2v) is 24.8. The van der Waals surface area contributed by atoms with Gasteiger partial charge in [-0.1, -0.05) is 39.8 Å². The molecule has 5 amide bonds. The average molecular weight is 1110 g/mol. The second-order valence-electron chi connectivity index (χ2n) is 24.8. The summed E-state index contributed by atoms with van der Waals surface area (Å²) >= 11 is 0. The van der Waals surface area contributed by atoms with E-state index in [0.29, 0.717) is 90.6 Å². The van der Waals surface area contributed by atoms with E-state index in [1.54, 1.807) is 43.3 Å². The van der Waals surface area contributed by atoms with Crippen molar-refractivity contribution >= 4 is 46.3 Å². The zero-order valence-electron chi connectivity index (χ0n) is 47.5. The van der Waals surface area contributed by atoms with Crippen molar-refractivity contribution in [3.8, 4) is 11.3 Å². The van der Waals surface area contributed by atoms with E-state index in [1.807, 2.05) is 58.6 Å². The van der Waals surface area contributed by atoms with Crippen molar-refractivity contribution in [1.82, 2.24) is 59.7 Å². The van der Waals surface area contributed by atoms with Crippen molar-refractivity contribution in [3.63, 3.8) is 0 Å².